The summed E-state index contributed by atoms with van der Waals surface area (Å²) in [7, 11) is 1.08. The van der Waals surface area contributed by atoms with E-state index in [2.05, 4.69) is 0 Å². The van der Waals surface area contributed by atoms with Crippen molar-refractivity contribution in [3.05, 3.63) is 66.2 Å². The van der Waals surface area contributed by atoms with Crippen molar-refractivity contribution in [2.24, 2.45) is 11.8 Å². The molecule has 2 aromatic rings. The van der Waals surface area contributed by atoms with Crippen LogP contribution in [0.15, 0.2) is 60.7 Å². The first kappa shape index (κ1) is 22.4. The number of imide groups is 1. The van der Waals surface area contributed by atoms with E-state index in [0.29, 0.717) is 5.69 Å². The fourth-order valence-electron chi connectivity index (χ4n) is 6.16. The molecule has 10 heteroatoms. The van der Waals surface area contributed by atoms with E-state index in [0.717, 1.165) is 22.5 Å². The van der Waals surface area contributed by atoms with E-state index in [1.54, 1.807) is 42.5 Å². The molecule has 1 spiro atoms. The maximum atomic E-state index is 13.8. The Kier molecular flexibility index (Phi) is 4.81. The van der Waals surface area contributed by atoms with Crippen molar-refractivity contribution in [2.75, 3.05) is 12.0 Å². The molecule has 36 heavy (non-hydrogen) atoms. The SMILES string of the molecule is COC(=O)[C@@]12O[C@]3(CC[C@@H](C(=O)OCc4ccccc4)N3C1=O)[C@@H]1C(=O)N(c3ccccc3)C(=O)[C@@H]12. The number of para-hydroxylation sites is 1. The van der Waals surface area contributed by atoms with E-state index in [1.165, 1.54) is 0 Å². The summed E-state index contributed by atoms with van der Waals surface area (Å²) < 4.78 is 16.5. The van der Waals surface area contributed by atoms with Crippen LogP contribution in [0.3, 0.4) is 0 Å². The van der Waals surface area contributed by atoms with Gasteiger partial charge in [-0.25, -0.2) is 14.5 Å². The van der Waals surface area contributed by atoms with Crippen LogP contribution in [0.1, 0.15) is 18.4 Å². The number of ether oxygens (including phenoxy) is 3. The molecule has 0 N–H and O–H groups in total. The fraction of sp³-hybridized carbons (Fsp3) is 0.346. The minimum Gasteiger partial charge on any atom is -0.466 e. The summed E-state index contributed by atoms with van der Waals surface area (Å²) in [4.78, 5) is 69.4. The van der Waals surface area contributed by atoms with Crippen molar-refractivity contribution in [1.29, 1.82) is 0 Å². The molecule has 3 amide bonds. The van der Waals surface area contributed by atoms with Crippen LogP contribution in [0.25, 0.3) is 0 Å². The van der Waals surface area contributed by atoms with Gasteiger partial charge in [-0.15, -0.1) is 0 Å². The number of fused-ring (bicyclic) bond motifs is 3. The molecule has 5 atom stereocenters. The van der Waals surface area contributed by atoms with Gasteiger partial charge in [0.1, 0.15) is 24.5 Å². The Morgan fingerprint density at radius 3 is 2.28 bits per heavy atom. The molecular formula is C26H22N2O8. The van der Waals surface area contributed by atoms with Crippen LogP contribution in [0.4, 0.5) is 5.69 Å². The molecule has 0 unspecified atom stereocenters. The Bertz CT molecular complexity index is 1300. The van der Waals surface area contributed by atoms with Gasteiger partial charge >= 0.3 is 11.9 Å². The van der Waals surface area contributed by atoms with E-state index in [-0.39, 0.29) is 19.4 Å². The van der Waals surface area contributed by atoms with Crippen LogP contribution in [-0.2, 0) is 44.8 Å². The van der Waals surface area contributed by atoms with Gasteiger partial charge in [-0.2, -0.15) is 0 Å². The lowest BCUT2D eigenvalue weighted by molar-refractivity contribution is -0.174. The number of hydrogen-bond donors (Lipinski definition) is 0. The summed E-state index contributed by atoms with van der Waals surface area (Å²) in [6.07, 6.45) is 0.248. The molecule has 2 bridgehead atoms. The molecular weight excluding hydrogens is 468 g/mol. The Morgan fingerprint density at radius 1 is 0.972 bits per heavy atom. The normalized spacial score (nSPS) is 32.0. The molecule has 4 saturated heterocycles. The molecule has 0 radical (unpaired) electrons. The number of esters is 2. The summed E-state index contributed by atoms with van der Waals surface area (Å²) in [5.41, 5.74) is -2.87. The monoisotopic (exact) mass is 490 g/mol. The minimum atomic E-state index is -2.34. The number of piperidine rings is 1. The van der Waals surface area contributed by atoms with Crippen LogP contribution < -0.4 is 4.90 Å². The van der Waals surface area contributed by atoms with E-state index in [4.69, 9.17) is 14.2 Å². The largest absolute Gasteiger partial charge is 0.466 e. The third kappa shape index (κ3) is 2.67. The van der Waals surface area contributed by atoms with Crippen molar-refractivity contribution in [3.8, 4) is 0 Å². The Morgan fingerprint density at radius 2 is 1.61 bits per heavy atom. The highest BCUT2D eigenvalue weighted by molar-refractivity contribution is 6.28. The highest BCUT2D eigenvalue weighted by Crippen LogP contribution is 2.64. The second-order valence-corrected chi connectivity index (χ2v) is 9.30. The third-order valence-electron chi connectivity index (χ3n) is 7.60. The quantitative estimate of drug-likeness (QED) is 0.348. The first-order valence-electron chi connectivity index (χ1n) is 11.6. The number of carbonyl (C=O) groups is 5. The number of nitrogens with zero attached hydrogens (tertiary/aromatic N) is 2. The van der Waals surface area contributed by atoms with Gasteiger partial charge in [-0.3, -0.25) is 19.3 Å². The van der Waals surface area contributed by atoms with Crippen molar-refractivity contribution in [3.63, 3.8) is 0 Å². The Balaban J connectivity index is 1.38. The lowest BCUT2D eigenvalue weighted by Gasteiger charge is -2.37. The van der Waals surface area contributed by atoms with Gasteiger partial charge in [0, 0.05) is 0 Å². The minimum absolute atomic E-state index is 0.000535. The zero-order valence-corrected chi connectivity index (χ0v) is 19.3. The molecule has 4 aliphatic rings. The van der Waals surface area contributed by atoms with Gasteiger partial charge < -0.3 is 14.2 Å². The van der Waals surface area contributed by atoms with Gasteiger partial charge in [0.25, 0.3) is 11.5 Å². The third-order valence-corrected chi connectivity index (χ3v) is 7.60. The molecule has 4 heterocycles. The number of benzene rings is 2. The molecule has 0 aliphatic carbocycles. The van der Waals surface area contributed by atoms with E-state index < -0.39 is 58.9 Å². The zero-order chi connectivity index (χ0) is 25.2. The smallest absolute Gasteiger partial charge is 0.349 e. The molecule has 6 rings (SSSR count). The molecule has 184 valence electrons. The van der Waals surface area contributed by atoms with Crippen LogP contribution in [0, 0.1) is 11.8 Å². The van der Waals surface area contributed by atoms with E-state index >= 15 is 0 Å². The Labute approximate surface area is 205 Å². The number of carbonyl (C=O) groups excluding carboxylic acids is 5. The number of hydrogen-bond acceptors (Lipinski definition) is 8. The van der Waals surface area contributed by atoms with Crippen LogP contribution in [0.2, 0.25) is 0 Å². The summed E-state index contributed by atoms with van der Waals surface area (Å²) in [6, 6.07) is 16.3. The van der Waals surface area contributed by atoms with Crippen molar-refractivity contribution < 1.29 is 38.2 Å². The van der Waals surface area contributed by atoms with Gasteiger partial charge in [-0.05, 0) is 30.5 Å². The first-order valence-corrected chi connectivity index (χ1v) is 11.6. The second-order valence-electron chi connectivity index (χ2n) is 9.30. The maximum Gasteiger partial charge on any atom is 0.349 e. The fourth-order valence-corrected chi connectivity index (χ4v) is 6.16. The predicted octanol–water partition coefficient (Wildman–Crippen LogP) is 1.18. The zero-order valence-electron chi connectivity index (χ0n) is 19.3. The summed E-state index contributed by atoms with van der Waals surface area (Å²) >= 11 is 0. The molecule has 4 fully saturated rings. The molecule has 2 aromatic carbocycles. The van der Waals surface area contributed by atoms with Crippen LogP contribution >= 0.6 is 0 Å². The predicted molar refractivity (Wildman–Crippen MR) is 121 cm³/mol. The van der Waals surface area contributed by atoms with Gasteiger partial charge in [-0.1, -0.05) is 48.5 Å². The average Bonchev–Trinajstić information content (AvgIpc) is 3.59. The molecule has 4 aliphatic heterocycles. The molecule has 10 nitrogen and oxygen atoms in total. The van der Waals surface area contributed by atoms with Crippen molar-refractivity contribution >= 4 is 35.3 Å². The summed E-state index contributed by atoms with van der Waals surface area (Å²) in [6.45, 7) is -0.000535. The summed E-state index contributed by atoms with van der Waals surface area (Å²) in [5.74, 6) is -6.44. The number of methoxy groups -OCH3 is 1. The lowest BCUT2D eigenvalue weighted by atomic mass is 9.74. The molecule has 0 aromatic heterocycles. The average molecular weight is 490 g/mol. The highest BCUT2D eigenvalue weighted by atomic mass is 16.6. The van der Waals surface area contributed by atoms with Crippen molar-refractivity contribution in [2.45, 2.75) is 36.8 Å². The number of anilines is 1. The van der Waals surface area contributed by atoms with Crippen LogP contribution in [-0.4, -0.2) is 59.0 Å². The summed E-state index contributed by atoms with van der Waals surface area (Å²) in [5, 5.41) is 0. The van der Waals surface area contributed by atoms with E-state index in [9.17, 15) is 24.0 Å². The topological polar surface area (TPSA) is 120 Å². The van der Waals surface area contributed by atoms with Gasteiger partial charge in [0.2, 0.25) is 11.8 Å². The number of rotatable bonds is 5. The molecule has 0 saturated carbocycles. The van der Waals surface area contributed by atoms with E-state index in [1.807, 2.05) is 18.2 Å². The van der Waals surface area contributed by atoms with Crippen LogP contribution in [0.5, 0.6) is 0 Å². The standard InChI is InChI=1S/C26H22N2O8/c1-34-24(33)26-19-18(20(29)27(21(19)30)16-10-6-3-7-11-16)25(36-26)13-12-17(28(25)23(26)32)22(31)35-14-15-8-4-2-5-9-15/h2-11,17-19H,12-14H2,1H3/t17-,18-,19+,25+,26-/m0/s1. The Hall–Kier alpha value is -4.05. The van der Waals surface area contributed by atoms with Gasteiger partial charge in [0.05, 0.1) is 12.8 Å². The maximum absolute atomic E-state index is 13.8. The number of amides is 3. The van der Waals surface area contributed by atoms with Crippen molar-refractivity contribution in [1.82, 2.24) is 4.90 Å². The second kappa shape index (κ2) is 7.72. The first-order chi connectivity index (χ1) is 17.4. The highest BCUT2D eigenvalue weighted by Gasteiger charge is 2.87. The lowest BCUT2D eigenvalue weighted by Crippen LogP contribution is -2.63. The van der Waals surface area contributed by atoms with Gasteiger partial charge in [0.15, 0.2) is 5.72 Å².